The number of methoxy groups -OCH3 is 1. The van der Waals surface area contributed by atoms with Crippen LogP contribution in [0.25, 0.3) is 27.8 Å². The number of aromatic nitrogens is 1. The molecule has 0 fully saturated rings. The minimum atomic E-state index is -0.0327. The summed E-state index contributed by atoms with van der Waals surface area (Å²) in [5.74, 6) is 0.746. The van der Waals surface area contributed by atoms with Gasteiger partial charge in [0, 0.05) is 28.2 Å². The van der Waals surface area contributed by atoms with Crippen LogP contribution in [0.4, 0.5) is 0 Å². The zero-order valence-corrected chi connectivity index (χ0v) is 14.9. The Labute approximate surface area is 156 Å². The van der Waals surface area contributed by atoms with E-state index in [1.54, 1.807) is 25.3 Å². The lowest BCUT2D eigenvalue weighted by molar-refractivity contribution is 0.414. The summed E-state index contributed by atoms with van der Waals surface area (Å²) >= 11 is 6.25. The van der Waals surface area contributed by atoms with Crippen molar-refractivity contribution in [3.63, 3.8) is 0 Å². The van der Waals surface area contributed by atoms with Crippen molar-refractivity contribution in [1.29, 1.82) is 0 Å². The maximum atomic E-state index is 12.7. The predicted molar refractivity (Wildman–Crippen MR) is 107 cm³/mol. The van der Waals surface area contributed by atoms with Gasteiger partial charge < -0.3 is 9.30 Å². The second-order valence-corrected chi connectivity index (χ2v) is 6.39. The van der Waals surface area contributed by atoms with E-state index in [2.05, 4.69) is 0 Å². The van der Waals surface area contributed by atoms with Crippen LogP contribution in [0.15, 0.2) is 83.7 Å². The van der Waals surface area contributed by atoms with E-state index in [4.69, 9.17) is 16.3 Å². The van der Waals surface area contributed by atoms with Gasteiger partial charge in [-0.2, -0.15) is 0 Å². The molecule has 0 aliphatic rings. The molecule has 0 saturated carbocycles. The highest BCUT2D eigenvalue weighted by Gasteiger charge is 2.13. The molecule has 0 aliphatic heterocycles. The molecular weight excluding hydrogens is 346 g/mol. The van der Waals surface area contributed by atoms with Crippen LogP contribution in [0.5, 0.6) is 5.75 Å². The number of hydrogen-bond donors (Lipinski definition) is 0. The van der Waals surface area contributed by atoms with E-state index in [-0.39, 0.29) is 5.43 Å². The fourth-order valence-electron chi connectivity index (χ4n) is 3.14. The van der Waals surface area contributed by atoms with Gasteiger partial charge in [0.1, 0.15) is 5.75 Å². The van der Waals surface area contributed by atoms with Crippen LogP contribution >= 0.6 is 11.6 Å². The molecule has 0 amide bonds. The summed E-state index contributed by atoms with van der Waals surface area (Å²) in [5, 5.41) is 1.20. The van der Waals surface area contributed by atoms with E-state index in [9.17, 15) is 4.79 Å². The largest absolute Gasteiger partial charge is 0.497 e. The molecule has 3 aromatic carbocycles. The molecule has 4 rings (SSSR count). The van der Waals surface area contributed by atoms with E-state index >= 15 is 0 Å². The molecule has 3 nitrogen and oxygen atoms in total. The lowest BCUT2D eigenvalue weighted by atomic mass is 10.1. The summed E-state index contributed by atoms with van der Waals surface area (Å²) in [4.78, 5) is 12.7. The van der Waals surface area contributed by atoms with Crippen molar-refractivity contribution in [3.05, 3.63) is 94.1 Å². The normalized spacial score (nSPS) is 10.8. The number of rotatable bonds is 3. The van der Waals surface area contributed by atoms with Gasteiger partial charge >= 0.3 is 0 Å². The molecule has 128 valence electrons. The fourth-order valence-corrected chi connectivity index (χ4v) is 3.31. The fraction of sp³-hybridized carbons (Fsp3) is 0.0455. The number of hydrogen-bond acceptors (Lipinski definition) is 2. The van der Waals surface area contributed by atoms with Gasteiger partial charge in [0.15, 0.2) is 5.43 Å². The van der Waals surface area contributed by atoms with Crippen LogP contribution in [-0.4, -0.2) is 11.7 Å². The average molecular weight is 362 g/mol. The van der Waals surface area contributed by atoms with E-state index in [0.29, 0.717) is 10.4 Å². The molecule has 26 heavy (non-hydrogen) atoms. The SMILES string of the molecule is COc1cccc(-n2c(-c3ccccc3)cc(=O)c3ccc(Cl)cc32)c1. The molecule has 0 bridgehead atoms. The Morgan fingerprint density at radius 3 is 2.46 bits per heavy atom. The van der Waals surface area contributed by atoms with Crippen molar-refractivity contribution in [2.45, 2.75) is 0 Å². The van der Waals surface area contributed by atoms with E-state index in [0.717, 1.165) is 28.2 Å². The lowest BCUT2D eigenvalue weighted by Crippen LogP contribution is -2.10. The average Bonchev–Trinajstić information content (AvgIpc) is 2.68. The number of fused-ring (bicyclic) bond motifs is 1. The van der Waals surface area contributed by atoms with E-state index in [1.807, 2.05) is 65.2 Å². The van der Waals surface area contributed by atoms with Gasteiger partial charge in [-0.1, -0.05) is 48.0 Å². The van der Waals surface area contributed by atoms with Crippen LogP contribution in [0.3, 0.4) is 0 Å². The van der Waals surface area contributed by atoms with Crippen LogP contribution in [0.2, 0.25) is 5.02 Å². The second kappa shape index (κ2) is 6.70. The van der Waals surface area contributed by atoms with Gasteiger partial charge in [-0.15, -0.1) is 0 Å². The minimum absolute atomic E-state index is 0.0327. The van der Waals surface area contributed by atoms with Gasteiger partial charge in [0.05, 0.1) is 18.3 Å². The van der Waals surface area contributed by atoms with Crippen molar-refractivity contribution in [1.82, 2.24) is 4.57 Å². The Morgan fingerprint density at radius 1 is 0.885 bits per heavy atom. The van der Waals surface area contributed by atoms with Crippen molar-refractivity contribution in [2.24, 2.45) is 0 Å². The molecule has 0 saturated heterocycles. The first-order chi connectivity index (χ1) is 12.7. The zero-order valence-electron chi connectivity index (χ0n) is 14.1. The van der Waals surface area contributed by atoms with Gasteiger partial charge in [-0.05, 0) is 35.9 Å². The molecule has 0 radical (unpaired) electrons. The first-order valence-electron chi connectivity index (χ1n) is 8.22. The summed E-state index contributed by atoms with van der Waals surface area (Å²) in [6.45, 7) is 0. The number of ether oxygens (including phenoxy) is 1. The first kappa shape index (κ1) is 16.4. The molecule has 0 unspecified atom stereocenters. The monoisotopic (exact) mass is 361 g/mol. The molecule has 4 aromatic rings. The Hall–Kier alpha value is -3.04. The third kappa shape index (κ3) is 2.87. The Kier molecular flexibility index (Phi) is 4.23. The van der Waals surface area contributed by atoms with E-state index in [1.165, 1.54) is 0 Å². The molecular formula is C22H16ClNO2. The maximum absolute atomic E-state index is 12.7. The van der Waals surface area contributed by atoms with Gasteiger partial charge in [-0.25, -0.2) is 0 Å². The molecule has 1 aromatic heterocycles. The number of halogens is 1. The molecule has 0 N–H and O–H groups in total. The third-order valence-electron chi connectivity index (χ3n) is 4.36. The Morgan fingerprint density at radius 2 is 1.69 bits per heavy atom. The van der Waals surface area contributed by atoms with Crippen LogP contribution in [0.1, 0.15) is 0 Å². The lowest BCUT2D eigenvalue weighted by Gasteiger charge is -2.18. The smallest absolute Gasteiger partial charge is 0.190 e. The first-order valence-corrected chi connectivity index (χ1v) is 8.60. The molecule has 4 heteroatoms. The Balaban J connectivity index is 2.15. The van der Waals surface area contributed by atoms with Gasteiger partial charge in [0.2, 0.25) is 0 Å². The summed E-state index contributed by atoms with van der Waals surface area (Å²) < 4.78 is 7.42. The Bertz CT molecular complexity index is 1150. The number of benzene rings is 3. The van der Waals surface area contributed by atoms with E-state index < -0.39 is 0 Å². The van der Waals surface area contributed by atoms with Crippen molar-refractivity contribution in [2.75, 3.05) is 7.11 Å². The van der Waals surface area contributed by atoms with Gasteiger partial charge in [0.25, 0.3) is 0 Å². The molecule has 0 aliphatic carbocycles. The molecule has 1 heterocycles. The summed E-state index contributed by atoms with van der Waals surface area (Å²) in [5.41, 5.74) is 3.38. The standard InChI is InChI=1S/C22H16ClNO2/c1-26-18-9-5-8-17(13-18)24-20(15-6-3-2-4-7-15)14-22(25)19-11-10-16(23)12-21(19)24/h2-14H,1H3. The molecule has 0 atom stereocenters. The molecule has 0 spiro atoms. The quantitative estimate of drug-likeness (QED) is 0.494. The van der Waals surface area contributed by atoms with Crippen LogP contribution < -0.4 is 10.2 Å². The highest BCUT2D eigenvalue weighted by atomic mass is 35.5. The maximum Gasteiger partial charge on any atom is 0.190 e. The summed E-state index contributed by atoms with van der Waals surface area (Å²) in [6, 6.07) is 24.6. The highest BCUT2D eigenvalue weighted by molar-refractivity contribution is 6.31. The van der Waals surface area contributed by atoms with Crippen molar-refractivity contribution < 1.29 is 4.74 Å². The van der Waals surface area contributed by atoms with Gasteiger partial charge in [-0.3, -0.25) is 4.79 Å². The van der Waals surface area contributed by atoms with Crippen LogP contribution in [0, 0.1) is 0 Å². The minimum Gasteiger partial charge on any atom is -0.497 e. The van der Waals surface area contributed by atoms with Crippen LogP contribution in [-0.2, 0) is 0 Å². The zero-order chi connectivity index (χ0) is 18.1. The topological polar surface area (TPSA) is 31.2 Å². The highest BCUT2D eigenvalue weighted by Crippen LogP contribution is 2.29. The number of pyridine rings is 1. The second-order valence-electron chi connectivity index (χ2n) is 5.96. The number of nitrogens with zero attached hydrogens (tertiary/aromatic N) is 1. The van der Waals surface area contributed by atoms with Crippen molar-refractivity contribution >= 4 is 22.5 Å². The van der Waals surface area contributed by atoms with Crippen molar-refractivity contribution in [3.8, 4) is 22.7 Å². The summed E-state index contributed by atoms with van der Waals surface area (Å²) in [6.07, 6.45) is 0. The third-order valence-corrected chi connectivity index (χ3v) is 4.59. The summed E-state index contributed by atoms with van der Waals surface area (Å²) in [7, 11) is 1.64. The predicted octanol–water partition coefficient (Wildman–Crippen LogP) is 5.32.